The monoisotopic (exact) mass is 272 g/mol. The number of nitrogens with zero attached hydrogens (tertiary/aromatic N) is 1. The summed E-state index contributed by atoms with van der Waals surface area (Å²) in [6.45, 7) is 3.98. The smallest absolute Gasteiger partial charge is 0.237 e. The Kier molecular flexibility index (Phi) is 3.04. The lowest BCUT2D eigenvalue weighted by atomic mass is 10.00. The summed E-state index contributed by atoms with van der Waals surface area (Å²) in [7, 11) is 0. The van der Waals surface area contributed by atoms with Crippen molar-refractivity contribution in [3.05, 3.63) is 23.8 Å². The van der Waals surface area contributed by atoms with Crippen LogP contribution < -0.4 is 10.6 Å². The molecular weight excluding hydrogens is 252 g/mol. The summed E-state index contributed by atoms with van der Waals surface area (Å²) < 4.78 is 0. The van der Waals surface area contributed by atoms with Crippen molar-refractivity contribution in [2.45, 2.75) is 33.1 Å². The Morgan fingerprint density at radius 2 is 1.80 bits per heavy atom. The molecule has 2 atom stereocenters. The predicted octanol–water partition coefficient (Wildman–Crippen LogP) is 2.50. The number of amides is 2. The van der Waals surface area contributed by atoms with Gasteiger partial charge >= 0.3 is 0 Å². The van der Waals surface area contributed by atoms with Crippen molar-refractivity contribution in [3.63, 3.8) is 0 Å². The molecule has 2 aliphatic rings. The van der Waals surface area contributed by atoms with E-state index in [2.05, 4.69) is 6.92 Å². The van der Waals surface area contributed by atoms with E-state index in [1.165, 1.54) is 4.90 Å². The van der Waals surface area contributed by atoms with Gasteiger partial charge in [-0.15, -0.1) is 0 Å². The minimum Gasteiger partial charge on any atom is -0.398 e. The first-order chi connectivity index (χ1) is 9.54. The molecule has 2 fully saturated rings. The maximum atomic E-state index is 12.6. The fourth-order valence-electron chi connectivity index (χ4n) is 3.58. The molecule has 4 heteroatoms. The zero-order valence-corrected chi connectivity index (χ0v) is 11.9. The second-order valence-electron chi connectivity index (χ2n) is 5.96. The summed E-state index contributed by atoms with van der Waals surface area (Å²) in [6.07, 6.45) is 2.75. The standard InChI is InChI=1S/C16H20N2O2/c1-3-10-7-11-12(8-10)16(20)18(15(11)19)14-6-4-5-13(17)9(14)2/h4-6,10-12H,3,7-8,17H2,1-2H3. The molecule has 4 nitrogen and oxygen atoms in total. The lowest BCUT2D eigenvalue weighted by Gasteiger charge is -2.20. The van der Waals surface area contributed by atoms with E-state index in [0.29, 0.717) is 17.3 Å². The molecule has 1 saturated heterocycles. The molecule has 0 aromatic heterocycles. The number of hydrogen-bond donors (Lipinski definition) is 1. The summed E-state index contributed by atoms with van der Waals surface area (Å²) >= 11 is 0. The van der Waals surface area contributed by atoms with Gasteiger partial charge in [-0.25, -0.2) is 4.90 Å². The van der Waals surface area contributed by atoms with Crippen molar-refractivity contribution in [2.75, 3.05) is 10.6 Å². The molecule has 3 rings (SSSR count). The van der Waals surface area contributed by atoms with Gasteiger partial charge in [-0.1, -0.05) is 19.4 Å². The van der Waals surface area contributed by atoms with Crippen LogP contribution in [-0.2, 0) is 9.59 Å². The van der Waals surface area contributed by atoms with Crippen LogP contribution >= 0.6 is 0 Å². The van der Waals surface area contributed by atoms with Crippen LogP contribution in [0.3, 0.4) is 0 Å². The molecule has 106 valence electrons. The average molecular weight is 272 g/mol. The van der Waals surface area contributed by atoms with Crippen molar-refractivity contribution < 1.29 is 9.59 Å². The first-order valence-electron chi connectivity index (χ1n) is 7.27. The maximum Gasteiger partial charge on any atom is 0.237 e. The van der Waals surface area contributed by atoms with Crippen molar-refractivity contribution in [1.82, 2.24) is 0 Å². The number of rotatable bonds is 2. The zero-order valence-electron chi connectivity index (χ0n) is 11.9. The quantitative estimate of drug-likeness (QED) is 0.664. The van der Waals surface area contributed by atoms with Crippen LogP contribution in [0, 0.1) is 24.7 Å². The first kappa shape index (κ1) is 13.2. The summed E-state index contributed by atoms with van der Waals surface area (Å²) in [5.74, 6) is 0.206. The molecule has 1 heterocycles. The summed E-state index contributed by atoms with van der Waals surface area (Å²) in [4.78, 5) is 26.5. The molecule has 1 aromatic rings. The van der Waals surface area contributed by atoms with Gasteiger partial charge in [0.1, 0.15) is 0 Å². The highest BCUT2D eigenvalue weighted by atomic mass is 16.2. The van der Waals surface area contributed by atoms with Crippen molar-refractivity contribution in [3.8, 4) is 0 Å². The Hall–Kier alpha value is -1.84. The van der Waals surface area contributed by atoms with Crippen LogP contribution in [0.5, 0.6) is 0 Å². The second kappa shape index (κ2) is 4.62. The Morgan fingerprint density at radius 1 is 1.20 bits per heavy atom. The Bertz CT molecular complexity index is 558. The number of anilines is 2. The van der Waals surface area contributed by atoms with E-state index in [-0.39, 0.29) is 23.7 Å². The number of nitrogen functional groups attached to an aromatic ring is 1. The largest absolute Gasteiger partial charge is 0.398 e. The number of imide groups is 1. The normalized spacial score (nSPS) is 29.1. The van der Waals surface area contributed by atoms with Crippen LogP contribution in [0.1, 0.15) is 31.7 Å². The number of nitrogens with two attached hydrogens (primary N) is 1. The molecule has 1 aromatic carbocycles. The molecule has 0 radical (unpaired) electrons. The second-order valence-corrected chi connectivity index (χ2v) is 5.96. The zero-order chi connectivity index (χ0) is 14.4. The first-order valence-corrected chi connectivity index (χ1v) is 7.27. The number of carbonyl (C=O) groups excluding carboxylic acids is 2. The molecule has 1 aliphatic heterocycles. The minimum absolute atomic E-state index is 0.0374. The lowest BCUT2D eigenvalue weighted by molar-refractivity contribution is -0.123. The van der Waals surface area contributed by atoms with Gasteiger partial charge in [-0.3, -0.25) is 9.59 Å². The van der Waals surface area contributed by atoms with E-state index in [0.717, 1.165) is 24.8 Å². The Balaban J connectivity index is 1.96. The van der Waals surface area contributed by atoms with E-state index in [1.807, 2.05) is 6.92 Å². The average Bonchev–Trinajstić information content (AvgIpc) is 2.95. The van der Waals surface area contributed by atoms with Gasteiger partial charge in [0.15, 0.2) is 0 Å². The van der Waals surface area contributed by atoms with E-state index in [1.54, 1.807) is 18.2 Å². The molecule has 0 spiro atoms. The fourth-order valence-corrected chi connectivity index (χ4v) is 3.58. The van der Waals surface area contributed by atoms with Crippen LogP contribution in [0.15, 0.2) is 18.2 Å². The number of hydrogen-bond acceptors (Lipinski definition) is 3. The van der Waals surface area contributed by atoms with Gasteiger partial charge in [-0.2, -0.15) is 0 Å². The van der Waals surface area contributed by atoms with Gasteiger partial charge < -0.3 is 5.73 Å². The van der Waals surface area contributed by atoms with Crippen LogP contribution in [0.4, 0.5) is 11.4 Å². The predicted molar refractivity (Wildman–Crippen MR) is 78.1 cm³/mol. The Morgan fingerprint density at radius 3 is 2.35 bits per heavy atom. The van der Waals surface area contributed by atoms with Gasteiger partial charge in [0, 0.05) is 5.69 Å². The van der Waals surface area contributed by atoms with Gasteiger partial charge in [0.2, 0.25) is 11.8 Å². The van der Waals surface area contributed by atoms with Crippen LogP contribution in [0.25, 0.3) is 0 Å². The number of benzene rings is 1. The van der Waals surface area contributed by atoms with E-state index in [9.17, 15) is 9.59 Å². The third-order valence-corrected chi connectivity index (χ3v) is 4.90. The molecule has 0 bridgehead atoms. The van der Waals surface area contributed by atoms with Crippen molar-refractivity contribution >= 4 is 23.2 Å². The summed E-state index contributed by atoms with van der Waals surface area (Å²) in [6, 6.07) is 5.39. The van der Waals surface area contributed by atoms with Gasteiger partial charge in [0.05, 0.1) is 17.5 Å². The summed E-state index contributed by atoms with van der Waals surface area (Å²) in [5.41, 5.74) is 7.97. The molecule has 2 N–H and O–H groups in total. The molecule has 1 aliphatic carbocycles. The molecule has 1 saturated carbocycles. The number of carbonyl (C=O) groups is 2. The van der Waals surface area contributed by atoms with Gasteiger partial charge in [0.25, 0.3) is 0 Å². The maximum absolute atomic E-state index is 12.6. The highest BCUT2D eigenvalue weighted by Gasteiger charge is 2.52. The van der Waals surface area contributed by atoms with E-state index >= 15 is 0 Å². The summed E-state index contributed by atoms with van der Waals surface area (Å²) in [5, 5.41) is 0. The minimum atomic E-state index is -0.117. The third kappa shape index (κ3) is 1.74. The van der Waals surface area contributed by atoms with Crippen molar-refractivity contribution in [1.29, 1.82) is 0 Å². The highest BCUT2D eigenvalue weighted by Crippen LogP contribution is 2.46. The Labute approximate surface area is 118 Å². The fraction of sp³-hybridized carbons (Fsp3) is 0.500. The van der Waals surface area contributed by atoms with E-state index in [4.69, 9.17) is 5.73 Å². The topological polar surface area (TPSA) is 63.4 Å². The van der Waals surface area contributed by atoms with Crippen LogP contribution in [-0.4, -0.2) is 11.8 Å². The third-order valence-electron chi connectivity index (χ3n) is 4.90. The highest BCUT2D eigenvalue weighted by molar-refractivity contribution is 6.22. The molecule has 2 amide bonds. The lowest BCUT2D eigenvalue weighted by Crippen LogP contribution is -2.32. The number of fused-ring (bicyclic) bond motifs is 1. The van der Waals surface area contributed by atoms with Crippen molar-refractivity contribution in [2.24, 2.45) is 17.8 Å². The van der Waals surface area contributed by atoms with Crippen LogP contribution in [0.2, 0.25) is 0 Å². The van der Waals surface area contributed by atoms with E-state index < -0.39 is 0 Å². The molecule has 20 heavy (non-hydrogen) atoms. The molecule has 2 unspecified atom stereocenters. The molecular formula is C16H20N2O2. The SMILES string of the molecule is CCC1CC2C(=O)N(c3cccc(N)c3C)C(=O)C2C1. The van der Waals surface area contributed by atoms with Gasteiger partial charge in [-0.05, 0) is 43.4 Å².